The molecule has 1 aliphatic heterocycles. The Bertz CT molecular complexity index is 1350. The number of carbonyl (C=O) groups excluding carboxylic acids is 2. The maximum Gasteiger partial charge on any atom is 0.260 e. The Morgan fingerprint density at radius 2 is 2.12 bits per heavy atom. The van der Waals surface area contributed by atoms with Gasteiger partial charge in [-0.25, -0.2) is 9.97 Å². The van der Waals surface area contributed by atoms with Crippen LogP contribution in [0.4, 0.5) is 5.82 Å². The van der Waals surface area contributed by atoms with Crippen molar-refractivity contribution in [3.63, 3.8) is 0 Å². The van der Waals surface area contributed by atoms with Gasteiger partial charge >= 0.3 is 0 Å². The Kier molecular flexibility index (Phi) is 5.99. The summed E-state index contributed by atoms with van der Waals surface area (Å²) in [5.74, 6) is 0.778. The van der Waals surface area contributed by atoms with E-state index in [1.165, 1.54) is 0 Å². The maximum absolute atomic E-state index is 12.9. The molecule has 4 aromatic rings. The molecule has 9 heteroatoms. The van der Waals surface area contributed by atoms with Gasteiger partial charge in [0.05, 0.1) is 25.8 Å². The molecule has 1 unspecified atom stereocenters. The summed E-state index contributed by atoms with van der Waals surface area (Å²) in [6.45, 7) is 4.85. The lowest BCUT2D eigenvalue weighted by molar-refractivity contribution is -0.136. The molecule has 1 fully saturated rings. The van der Waals surface area contributed by atoms with Crippen molar-refractivity contribution in [3.05, 3.63) is 46.4 Å². The van der Waals surface area contributed by atoms with Crippen LogP contribution in [0.15, 0.2) is 35.7 Å². The number of thiophene rings is 1. The molecule has 33 heavy (non-hydrogen) atoms. The smallest absolute Gasteiger partial charge is 0.260 e. The van der Waals surface area contributed by atoms with E-state index in [2.05, 4.69) is 15.3 Å². The average Bonchev–Trinajstić information content (AvgIpc) is 3.43. The van der Waals surface area contributed by atoms with Crippen molar-refractivity contribution in [1.82, 2.24) is 14.9 Å². The van der Waals surface area contributed by atoms with E-state index in [0.717, 1.165) is 43.8 Å². The van der Waals surface area contributed by atoms with Crippen LogP contribution >= 0.6 is 22.7 Å². The third-order valence-electron chi connectivity index (χ3n) is 5.80. The fourth-order valence-corrected chi connectivity index (χ4v) is 6.03. The standard InChI is InChI=1S/C24H24N4O3S2/c1-14-5-3-7-20(25-14)27-24(30)16-6-4-9-28(12-16)21(29)13-31-18-11-19-22(26-15(2)33-19)23-17(18)8-10-32-23/h3,5,7-8,10-11,16H,4,6,9,12-13H2,1-2H3,(H,25,27,30). The molecule has 3 aromatic heterocycles. The lowest BCUT2D eigenvalue weighted by atomic mass is 9.97. The van der Waals surface area contributed by atoms with Gasteiger partial charge in [-0.1, -0.05) is 6.07 Å². The Morgan fingerprint density at radius 3 is 2.97 bits per heavy atom. The molecule has 0 spiro atoms. The van der Waals surface area contributed by atoms with Gasteiger partial charge in [0, 0.05) is 30.2 Å². The summed E-state index contributed by atoms with van der Waals surface area (Å²) in [5, 5.41) is 6.89. The number of fused-ring (bicyclic) bond motifs is 3. The first-order valence-corrected chi connectivity index (χ1v) is 12.6. The topological polar surface area (TPSA) is 84.4 Å². The fraction of sp³-hybridized carbons (Fsp3) is 0.333. The van der Waals surface area contributed by atoms with E-state index in [0.29, 0.717) is 24.7 Å². The number of amides is 2. The van der Waals surface area contributed by atoms with Gasteiger partial charge in [-0.05, 0) is 50.3 Å². The van der Waals surface area contributed by atoms with Crippen molar-refractivity contribution in [2.45, 2.75) is 26.7 Å². The number of hydrogen-bond acceptors (Lipinski definition) is 7. The molecule has 170 valence electrons. The second kappa shape index (κ2) is 9.07. The molecule has 1 saturated heterocycles. The van der Waals surface area contributed by atoms with E-state index in [-0.39, 0.29) is 24.3 Å². The van der Waals surface area contributed by atoms with Crippen molar-refractivity contribution >= 4 is 60.6 Å². The monoisotopic (exact) mass is 480 g/mol. The van der Waals surface area contributed by atoms with Gasteiger partial charge in [-0.3, -0.25) is 9.59 Å². The molecule has 1 aromatic carbocycles. The van der Waals surface area contributed by atoms with Crippen molar-refractivity contribution in [3.8, 4) is 5.75 Å². The fourth-order valence-electron chi connectivity index (χ4n) is 4.20. The highest BCUT2D eigenvalue weighted by Gasteiger charge is 2.29. The Labute approximate surface area is 199 Å². The zero-order valence-corrected chi connectivity index (χ0v) is 20.1. The van der Waals surface area contributed by atoms with Crippen LogP contribution in [0.1, 0.15) is 23.5 Å². The van der Waals surface area contributed by atoms with Gasteiger partial charge in [-0.15, -0.1) is 22.7 Å². The maximum atomic E-state index is 12.9. The number of aromatic nitrogens is 2. The molecule has 1 atom stereocenters. The van der Waals surface area contributed by atoms with Gasteiger partial charge in [0.2, 0.25) is 5.91 Å². The Balaban J connectivity index is 1.24. The summed E-state index contributed by atoms with van der Waals surface area (Å²) in [5.41, 5.74) is 1.84. The molecule has 1 N–H and O–H groups in total. The number of carbonyl (C=O) groups is 2. The molecule has 0 radical (unpaired) electrons. The van der Waals surface area contributed by atoms with Crippen LogP contribution in [-0.2, 0) is 9.59 Å². The van der Waals surface area contributed by atoms with Crippen LogP contribution in [0.3, 0.4) is 0 Å². The molecule has 2 amide bonds. The van der Waals surface area contributed by atoms with E-state index < -0.39 is 0 Å². The molecule has 4 heterocycles. The summed E-state index contributed by atoms with van der Waals surface area (Å²) in [4.78, 5) is 36.4. The van der Waals surface area contributed by atoms with Gasteiger partial charge < -0.3 is 15.0 Å². The molecule has 7 nitrogen and oxygen atoms in total. The normalized spacial score (nSPS) is 16.3. The highest BCUT2D eigenvalue weighted by molar-refractivity contribution is 7.21. The van der Waals surface area contributed by atoms with E-state index in [1.807, 2.05) is 43.5 Å². The number of nitrogens with one attached hydrogen (secondary N) is 1. The van der Waals surface area contributed by atoms with Crippen LogP contribution in [-0.4, -0.2) is 46.4 Å². The molecular weight excluding hydrogens is 456 g/mol. The van der Waals surface area contributed by atoms with E-state index in [1.54, 1.807) is 33.6 Å². The minimum Gasteiger partial charge on any atom is -0.483 e. The third kappa shape index (κ3) is 4.56. The summed E-state index contributed by atoms with van der Waals surface area (Å²) >= 11 is 3.25. The van der Waals surface area contributed by atoms with Gasteiger partial charge in [0.15, 0.2) is 6.61 Å². The first-order valence-electron chi connectivity index (χ1n) is 10.9. The van der Waals surface area contributed by atoms with Crippen LogP contribution in [0.25, 0.3) is 20.3 Å². The van der Waals surface area contributed by atoms with Crippen molar-refractivity contribution in [1.29, 1.82) is 0 Å². The number of nitrogens with zero attached hydrogens (tertiary/aromatic N) is 3. The minimum absolute atomic E-state index is 0.0536. The number of ether oxygens (including phenoxy) is 1. The largest absolute Gasteiger partial charge is 0.483 e. The van der Waals surface area contributed by atoms with E-state index in [9.17, 15) is 9.59 Å². The third-order valence-corrected chi connectivity index (χ3v) is 7.64. The average molecular weight is 481 g/mol. The second-order valence-corrected chi connectivity index (χ2v) is 10.4. The number of piperidine rings is 1. The minimum atomic E-state index is -0.259. The van der Waals surface area contributed by atoms with E-state index >= 15 is 0 Å². The molecule has 1 aliphatic rings. The number of aryl methyl sites for hydroxylation is 2. The lowest BCUT2D eigenvalue weighted by Crippen LogP contribution is -2.45. The number of benzene rings is 1. The zero-order valence-electron chi connectivity index (χ0n) is 18.5. The summed E-state index contributed by atoms with van der Waals surface area (Å²) < 4.78 is 8.14. The number of pyridine rings is 1. The summed E-state index contributed by atoms with van der Waals surface area (Å²) in [7, 11) is 0. The number of hydrogen-bond donors (Lipinski definition) is 1. The first kappa shape index (κ1) is 21.8. The van der Waals surface area contributed by atoms with E-state index in [4.69, 9.17) is 4.74 Å². The molecule has 0 aliphatic carbocycles. The van der Waals surface area contributed by atoms with Gasteiger partial charge in [-0.2, -0.15) is 0 Å². The number of rotatable bonds is 5. The number of likely N-dealkylation sites (tertiary alicyclic amines) is 1. The Morgan fingerprint density at radius 1 is 1.24 bits per heavy atom. The van der Waals surface area contributed by atoms with Crippen LogP contribution in [0.5, 0.6) is 5.75 Å². The quantitative estimate of drug-likeness (QED) is 0.444. The van der Waals surface area contributed by atoms with Gasteiger partial charge in [0.1, 0.15) is 11.6 Å². The van der Waals surface area contributed by atoms with Gasteiger partial charge in [0.25, 0.3) is 5.91 Å². The molecule has 5 rings (SSSR count). The number of anilines is 1. The first-order chi connectivity index (χ1) is 16.0. The van der Waals surface area contributed by atoms with Crippen molar-refractivity contribution in [2.75, 3.05) is 25.0 Å². The van der Waals surface area contributed by atoms with Crippen LogP contribution in [0, 0.1) is 19.8 Å². The molecular formula is C24H24N4O3S2. The second-order valence-electron chi connectivity index (χ2n) is 8.24. The predicted octanol–water partition coefficient (Wildman–Crippen LogP) is 4.78. The van der Waals surface area contributed by atoms with Crippen molar-refractivity contribution < 1.29 is 14.3 Å². The molecule has 0 saturated carbocycles. The van der Waals surface area contributed by atoms with Crippen molar-refractivity contribution in [2.24, 2.45) is 5.92 Å². The predicted molar refractivity (Wildman–Crippen MR) is 132 cm³/mol. The molecule has 0 bridgehead atoms. The number of thiazole rings is 1. The van der Waals surface area contributed by atoms with Crippen LogP contribution in [0.2, 0.25) is 0 Å². The highest BCUT2D eigenvalue weighted by atomic mass is 32.1. The summed E-state index contributed by atoms with van der Waals surface area (Å²) in [6.07, 6.45) is 1.53. The summed E-state index contributed by atoms with van der Waals surface area (Å²) in [6, 6.07) is 9.50. The lowest BCUT2D eigenvalue weighted by Gasteiger charge is -2.32. The Hall–Kier alpha value is -3.04. The highest BCUT2D eigenvalue weighted by Crippen LogP contribution is 2.38. The van der Waals surface area contributed by atoms with Crippen LogP contribution < -0.4 is 10.1 Å². The SMILES string of the molecule is Cc1cccc(NC(=O)C2CCCN(C(=O)COc3cc4sc(C)nc4c4sccc34)C2)n1. The zero-order chi connectivity index (χ0) is 22.9.